The van der Waals surface area contributed by atoms with Gasteiger partial charge in [0.1, 0.15) is 0 Å². The number of hydrogen-bond acceptors (Lipinski definition) is 1. The molecule has 0 saturated heterocycles. The van der Waals surface area contributed by atoms with Crippen LogP contribution in [0.25, 0.3) is 0 Å². The highest BCUT2D eigenvalue weighted by molar-refractivity contribution is 7.79. The van der Waals surface area contributed by atoms with Crippen molar-refractivity contribution in [1.29, 1.82) is 0 Å². The number of nitrogens with zero attached hydrogens (tertiary/aromatic N) is 1. The van der Waals surface area contributed by atoms with Crippen LogP contribution in [0.5, 0.6) is 0 Å². The van der Waals surface area contributed by atoms with E-state index in [0.29, 0.717) is 0 Å². The van der Waals surface area contributed by atoms with Gasteiger partial charge in [0.15, 0.2) is 0 Å². The van der Waals surface area contributed by atoms with Crippen molar-refractivity contribution >= 4 is 24.0 Å². The predicted octanol–water partition coefficient (Wildman–Crippen LogP) is 4.07. The van der Waals surface area contributed by atoms with Crippen molar-refractivity contribution in [3.63, 3.8) is 0 Å². The second-order valence-electron chi connectivity index (χ2n) is 6.22. The highest BCUT2D eigenvalue weighted by Crippen LogP contribution is 2.33. The first-order valence-corrected chi connectivity index (χ1v) is 9.25. The van der Waals surface area contributed by atoms with E-state index in [1.54, 1.807) is 0 Å². The second kappa shape index (κ2) is 6.64. The molecule has 3 aromatic rings. The monoisotopic (exact) mass is 319 g/mol. The van der Waals surface area contributed by atoms with Crippen LogP contribution in [-0.4, -0.2) is 4.98 Å². The lowest BCUT2D eigenvalue weighted by Gasteiger charge is -2.20. The van der Waals surface area contributed by atoms with E-state index in [9.17, 15) is 0 Å². The first-order chi connectivity index (χ1) is 11.0. The van der Waals surface area contributed by atoms with E-state index >= 15 is 0 Å². The van der Waals surface area contributed by atoms with Gasteiger partial charge in [0.05, 0.1) is 5.44 Å². The van der Waals surface area contributed by atoms with E-state index in [-0.39, 0.29) is 0 Å². The Balaban J connectivity index is 2.22. The van der Waals surface area contributed by atoms with Crippen LogP contribution < -0.4 is 16.0 Å². The summed E-state index contributed by atoms with van der Waals surface area (Å²) in [4.78, 5) is 4.68. The Bertz CT molecular complexity index is 733. The molecule has 0 saturated carbocycles. The summed E-state index contributed by atoms with van der Waals surface area (Å²) in [7, 11) is -0.622. The van der Waals surface area contributed by atoms with Gasteiger partial charge < -0.3 is 0 Å². The minimum absolute atomic E-state index is 0.622. The highest BCUT2D eigenvalue weighted by Gasteiger charge is 2.18. The Morgan fingerprint density at radius 3 is 1.52 bits per heavy atom. The lowest BCUT2D eigenvalue weighted by Crippen LogP contribution is -2.23. The van der Waals surface area contributed by atoms with Gasteiger partial charge in [-0.25, -0.2) is 0 Å². The zero-order valence-corrected chi connectivity index (χ0v) is 15.1. The summed E-state index contributed by atoms with van der Waals surface area (Å²) in [6.45, 7) is 8.68. The van der Waals surface area contributed by atoms with Gasteiger partial charge in [-0.15, -0.1) is 0 Å². The summed E-state index contributed by atoms with van der Waals surface area (Å²) >= 11 is 0. The summed E-state index contributed by atoms with van der Waals surface area (Å²) in [6.07, 6.45) is 1.90. The number of rotatable bonds is 3. The fourth-order valence-electron chi connectivity index (χ4n) is 3.06. The van der Waals surface area contributed by atoms with Crippen molar-refractivity contribution in [2.75, 3.05) is 0 Å². The number of pyridine rings is 1. The van der Waals surface area contributed by atoms with E-state index in [0.717, 1.165) is 5.44 Å². The summed E-state index contributed by atoms with van der Waals surface area (Å²) in [5.74, 6) is 0. The van der Waals surface area contributed by atoms with Gasteiger partial charge in [0.25, 0.3) is 0 Å². The predicted molar refractivity (Wildman–Crippen MR) is 102 cm³/mol. The van der Waals surface area contributed by atoms with Gasteiger partial charge >= 0.3 is 0 Å². The Hall–Kier alpha value is -1.98. The Kier molecular flexibility index (Phi) is 4.59. The van der Waals surface area contributed by atoms with Crippen LogP contribution in [0, 0.1) is 27.7 Å². The smallest absolute Gasteiger partial charge is 0.0720 e. The minimum Gasteiger partial charge on any atom is -0.256 e. The first kappa shape index (κ1) is 15.9. The zero-order valence-electron chi connectivity index (χ0n) is 14.2. The van der Waals surface area contributed by atoms with Gasteiger partial charge in [-0.05, 0) is 50.4 Å². The quantitative estimate of drug-likeness (QED) is 0.663. The number of aromatic nitrogens is 1. The van der Waals surface area contributed by atoms with Crippen molar-refractivity contribution < 1.29 is 0 Å². The summed E-state index contributed by atoms with van der Waals surface area (Å²) < 4.78 is 0. The lowest BCUT2D eigenvalue weighted by atomic mass is 10.2. The molecule has 1 nitrogen and oxygen atoms in total. The number of aryl methyl sites for hydroxylation is 4. The van der Waals surface area contributed by atoms with Crippen molar-refractivity contribution in [3.05, 3.63) is 83.0 Å². The van der Waals surface area contributed by atoms with Gasteiger partial charge in [-0.3, -0.25) is 4.98 Å². The Morgan fingerprint density at radius 2 is 1.13 bits per heavy atom. The average Bonchev–Trinajstić information content (AvgIpc) is 2.46. The fraction of sp³-hybridized carbons (Fsp3) is 0.190. The Morgan fingerprint density at radius 1 is 0.652 bits per heavy atom. The van der Waals surface area contributed by atoms with Crippen LogP contribution in [0.3, 0.4) is 0 Å². The maximum Gasteiger partial charge on any atom is 0.0720 e. The van der Waals surface area contributed by atoms with Gasteiger partial charge in [0.2, 0.25) is 0 Å². The molecule has 0 atom stereocenters. The number of benzene rings is 2. The molecule has 0 spiro atoms. The molecular formula is C21H22NP. The van der Waals surface area contributed by atoms with Gasteiger partial charge in [-0.2, -0.15) is 0 Å². The molecule has 3 rings (SSSR count). The van der Waals surface area contributed by atoms with Crippen LogP contribution in [0.15, 0.2) is 60.8 Å². The van der Waals surface area contributed by atoms with Crippen LogP contribution in [0.4, 0.5) is 0 Å². The molecule has 0 bridgehead atoms. The molecule has 0 amide bonds. The first-order valence-electron chi connectivity index (χ1n) is 7.91. The van der Waals surface area contributed by atoms with Crippen LogP contribution in [-0.2, 0) is 0 Å². The van der Waals surface area contributed by atoms with E-state index < -0.39 is 7.92 Å². The van der Waals surface area contributed by atoms with Crippen LogP contribution >= 0.6 is 7.92 Å². The molecule has 0 radical (unpaired) electrons. The standard InChI is InChI=1S/C21H22NP/c1-15-9-16(2)12-19(11-15)23(21-7-5-6-8-22-21)20-13-17(3)10-18(4)14-20/h5-14H,1-4H3. The molecule has 0 unspecified atom stereocenters. The lowest BCUT2D eigenvalue weighted by molar-refractivity contribution is 1.38. The van der Waals surface area contributed by atoms with E-state index in [2.05, 4.69) is 81.2 Å². The molecule has 1 heterocycles. The molecule has 0 aliphatic carbocycles. The fourth-order valence-corrected chi connectivity index (χ4v) is 5.63. The third-order valence-corrected chi connectivity index (χ3v) is 6.08. The molecule has 0 aliphatic heterocycles. The average molecular weight is 319 g/mol. The molecular weight excluding hydrogens is 297 g/mol. The van der Waals surface area contributed by atoms with Crippen molar-refractivity contribution in [1.82, 2.24) is 4.98 Å². The molecule has 2 heteroatoms. The minimum atomic E-state index is -0.622. The third kappa shape index (κ3) is 3.68. The highest BCUT2D eigenvalue weighted by atomic mass is 31.1. The van der Waals surface area contributed by atoms with Crippen LogP contribution in [0.1, 0.15) is 22.3 Å². The topological polar surface area (TPSA) is 12.9 Å². The molecule has 2 aromatic carbocycles. The van der Waals surface area contributed by atoms with Crippen molar-refractivity contribution in [2.24, 2.45) is 0 Å². The largest absolute Gasteiger partial charge is 0.256 e. The zero-order chi connectivity index (χ0) is 16.4. The van der Waals surface area contributed by atoms with Gasteiger partial charge in [-0.1, -0.05) is 64.7 Å². The number of hydrogen-bond donors (Lipinski definition) is 0. The summed E-state index contributed by atoms with van der Waals surface area (Å²) in [5.41, 5.74) is 6.42. The summed E-state index contributed by atoms with van der Waals surface area (Å²) in [5, 5.41) is 2.75. The van der Waals surface area contributed by atoms with E-state index in [1.807, 2.05) is 12.3 Å². The van der Waals surface area contributed by atoms with E-state index in [4.69, 9.17) is 0 Å². The maximum absolute atomic E-state index is 4.68. The normalized spacial score (nSPS) is 11.0. The molecule has 0 aliphatic rings. The molecule has 0 fully saturated rings. The molecule has 116 valence electrons. The summed E-state index contributed by atoms with van der Waals surface area (Å²) in [6, 6.07) is 19.9. The van der Waals surface area contributed by atoms with Gasteiger partial charge in [0, 0.05) is 14.1 Å². The van der Waals surface area contributed by atoms with E-state index in [1.165, 1.54) is 32.9 Å². The maximum atomic E-state index is 4.68. The van der Waals surface area contributed by atoms with Crippen molar-refractivity contribution in [2.45, 2.75) is 27.7 Å². The molecule has 23 heavy (non-hydrogen) atoms. The van der Waals surface area contributed by atoms with Crippen molar-refractivity contribution in [3.8, 4) is 0 Å². The second-order valence-corrected chi connectivity index (χ2v) is 8.38. The Labute approximate surface area is 140 Å². The SMILES string of the molecule is Cc1cc(C)cc(P(c2cc(C)cc(C)c2)c2ccccn2)c1. The molecule has 1 aromatic heterocycles. The van der Waals surface area contributed by atoms with Crippen LogP contribution in [0.2, 0.25) is 0 Å². The molecule has 0 N–H and O–H groups in total. The third-order valence-electron chi connectivity index (χ3n) is 3.81.